The molecule has 0 bridgehead atoms. The van der Waals surface area contributed by atoms with E-state index in [1.165, 1.54) is 30.3 Å². The van der Waals surface area contributed by atoms with E-state index >= 15 is 0 Å². The number of esters is 2. The van der Waals surface area contributed by atoms with Crippen molar-refractivity contribution in [1.29, 1.82) is 0 Å². The zero-order valence-electron chi connectivity index (χ0n) is 63.0. The van der Waals surface area contributed by atoms with Gasteiger partial charge in [-0.1, -0.05) is 179 Å². The quantitative estimate of drug-likeness (QED) is 0.0188. The Hall–Kier alpha value is -13.3. The number of carbonyl (C=O) groups is 5. The van der Waals surface area contributed by atoms with E-state index in [0.717, 1.165) is 102 Å². The van der Waals surface area contributed by atoms with Crippen LogP contribution >= 0.6 is 69.6 Å². The maximum atomic E-state index is 12.0. The summed E-state index contributed by atoms with van der Waals surface area (Å²) in [6.07, 6.45) is 0. The molecule has 0 spiro atoms. The molecule has 4 heterocycles. The predicted octanol–water partition coefficient (Wildman–Crippen LogP) is 21.7. The number of benzene rings is 13. The highest BCUT2D eigenvalue weighted by atomic mass is 35.5. The van der Waals surface area contributed by atoms with Crippen LogP contribution in [-0.4, -0.2) is 87.0 Å². The molecule has 0 saturated heterocycles. The smallest absolute Gasteiger partial charge is 0.478 e. The van der Waals surface area contributed by atoms with Crippen molar-refractivity contribution in [2.75, 3.05) is 50.8 Å². The van der Waals surface area contributed by atoms with E-state index < -0.39 is 25.0 Å². The van der Waals surface area contributed by atoms with E-state index in [1.807, 2.05) is 158 Å². The minimum atomic E-state index is -1.51. The molecule has 17 rings (SSSR count). The number of aliphatic imine (C=N–C) groups is 3. The highest BCUT2D eigenvalue weighted by molar-refractivity contribution is 6.70. The fraction of sp³-hybridized carbons (Fsp3) is 0.0444. The normalized spacial score (nSPS) is 11.8. The van der Waals surface area contributed by atoms with Crippen molar-refractivity contribution in [3.8, 4) is 0 Å². The summed E-state index contributed by atoms with van der Waals surface area (Å²) in [5.41, 5.74) is 27.7. The highest BCUT2D eigenvalue weighted by Crippen LogP contribution is 2.42. The predicted molar refractivity (Wildman–Crippen MR) is 478 cm³/mol. The first-order chi connectivity index (χ1) is 57.5. The molecule has 0 aromatic heterocycles. The zero-order valence-corrected chi connectivity index (χ0v) is 67.5. The molecule has 4 aliphatic rings. The molecule has 0 aliphatic carbocycles. The summed E-state index contributed by atoms with van der Waals surface area (Å²) in [5.74, 6) is -2.42. The van der Waals surface area contributed by atoms with Gasteiger partial charge in [0.15, 0.2) is 0 Å². The number of rotatable bonds is 11. The van der Waals surface area contributed by atoms with E-state index in [0.29, 0.717) is 94.0 Å². The molecule has 0 unspecified atom stereocenters. The maximum Gasteiger partial charge on any atom is 0.488 e. The van der Waals surface area contributed by atoms with Gasteiger partial charge in [-0.05, 0) is 195 Å². The average Bonchev–Trinajstić information content (AvgIpc) is 1.67. The third kappa shape index (κ3) is 21.9. The fourth-order valence-corrected chi connectivity index (χ4v) is 13.2. The Bertz CT molecular complexity index is 6060. The number of fused-ring (bicyclic) bond motifs is 8. The second-order valence-corrected chi connectivity index (χ2v) is 28.4. The van der Waals surface area contributed by atoms with Gasteiger partial charge in [-0.2, -0.15) is 0 Å². The molecule has 0 atom stereocenters. The van der Waals surface area contributed by atoms with Crippen LogP contribution in [0.5, 0.6) is 0 Å². The SMILES string of the molecule is CCOC(=O)c1ccc(B(O)O)cc1.CCOC(=O)c1ccc(C2=Nc3cc(Cl)ccc3Nc3ccccc32)cc1.ClC1=Nc2cc(Cl)ccc2Nc2ccccc21.Nc1cc(Cl)ccc1Nc1ccccc1C(=O)O.O=C(NO)c1ccc(C2=Nc3cc(Cl)ccc3Nc3ccccc32)cc1.O=C1Nc2cc(Cl)ccc2Nc2ccccc21. The molecule has 29 heteroatoms. The molecule has 13 aromatic carbocycles. The van der Waals surface area contributed by atoms with Crippen molar-refractivity contribution in [1.82, 2.24) is 5.48 Å². The monoisotopic (exact) mass is 1700 g/mol. The van der Waals surface area contributed by atoms with Gasteiger partial charge in [0.1, 0.15) is 5.17 Å². The number of nitrogen functional groups attached to an aromatic ring is 1. The van der Waals surface area contributed by atoms with Gasteiger partial charge in [-0.3, -0.25) is 14.8 Å². The number of para-hydroxylation sites is 5. The van der Waals surface area contributed by atoms with Crippen LogP contribution in [0.3, 0.4) is 0 Å². The maximum absolute atomic E-state index is 12.0. The number of amides is 2. The number of nitrogens with zero attached hydrogens (tertiary/aromatic N) is 3. The summed E-state index contributed by atoms with van der Waals surface area (Å²) < 4.78 is 9.82. The van der Waals surface area contributed by atoms with E-state index in [2.05, 4.69) is 36.9 Å². The van der Waals surface area contributed by atoms with Crippen LogP contribution in [0.1, 0.15) is 93.5 Å². The summed E-state index contributed by atoms with van der Waals surface area (Å²) in [5, 5.41) is 58.1. The lowest BCUT2D eigenvalue weighted by Crippen LogP contribution is -2.29. The van der Waals surface area contributed by atoms with Crippen molar-refractivity contribution < 1.29 is 53.8 Å². The number of carbonyl (C=O) groups excluding carboxylic acids is 4. The number of hydrogen-bond acceptors (Lipinski definition) is 19. The van der Waals surface area contributed by atoms with E-state index in [9.17, 15) is 24.0 Å². The lowest BCUT2D eigenvalue weighted by Gasteiger charge is -2.11. The van der Waals surface area contributed by atoms with E-state index in [4.69, 9.17) is 115 Å². The topological polar surface area (TPSA) is 332 Å². The van der Waals surface area contributed by atoms with Crippen LogP contribution < -0.4 is 48.6 Å². The van der Waals surface area contributed by atoms with Gasteiger partial charge >= 0.3 is 25.0 Å². The van der Waals surface area contributed by atoms with Crippen molar-refractivity contribution in [3.63, 3.8) is 0 Å². The molecule has 22 nitrogen and oxygen atoms in total. The van der Waals surface area contributed by atoms with Gasteiger partial charge in [0.2, 0.25) is 0 Å². The van der Waals surface area contributed by atoms with Crippen LogP contribution in [-0.2, 0) is 9.47 Å². The van der Waals surface area contributed by atoms with Gasteiger partial charge in [-0.25, -0.2) is 34.8 Å². The largest absolute Gasteiger partial charge is 0.488 e. The van der Waals surface area contributed by atoms with E-state index in [1.54, 1.807) is 116 Å². The summed E-state index contributed by atoms with van der Waals surface area (Å²) in [4.78, 5) is 71.8. The molecule has 4 aliphatic heterocycles. The minimum Gasteiger partial charge on any atom is -0.478 e. The molecule has 0 radical (unpaired) electrons. The Balaban J connectivity index is 0.000000133. The number of nitrogens with two attached hydrogens (primary N) is 1. The zero-order chi connectivity index (χ0) is 84.2. The van der Waals surface area contributed by atoms with Gasteiger partial charge in [0.05, 0.1) is 115 Å². The second-order valence-electron chi connectivity index (χ2n) is 25.9. The Morgan fingerprint density at radius 2 is 0.790 bits per heavy atom. The molecule has 0 saturated carbocycles. The van der Waals surface area contributed by atoms with Gasteiger partial charge in [0, 0.05) is 75.6 Å². The number of hydrogen-bond donors (Lipinski definition) is 12. The molecule has 0 fully saturated rings. The first kappa shape index (κ1) is 85.1. The highest BCUT2D eigenvalue weighted by Gasteiger charge is 2.24. The van der Waals surface area contributed by atoms with Crippen LogP contribution in [0.25, 0.3) is 0 Å². The first-order valence-electron chi connectivity index (χ1n) is 36.5. The Morgan fingerprint density at radius 1 is 0.403 bits per heavy atom. The Labute approximate surface area is 713 Å². The minimum absolute atomic E-state index is 0.130. The number of aromatic carboxylic acids is 1. The summed E-state index contributed by atoms with van der Waals surface area (Å²) in [6.45, 7) is 4.19. The number of ether oxygens (including phenoxy) is 2. The van der Waals surface area contributed by atoms with Crippen LogP contribution in [0, 0.1) is 0 Å². The molecular weight excluding hydrogens is 1630 g/mol. The van der Waals surface area contributed by atoms with E-state index in [-0.39, 0.29) is 17.4 Å². The number of carboxylic acid groups (broad SMARTS) is 1. The van der Waals surface area contributed by atoms with Crippen molar-refractivity contribution in [2.45, 2.75) is 13.8 Å². The molecule has 2 amide bonds. The third-order valence-electron chi connectivity index (χ3n) is 17.9. The fourth-order valence-electron chi connectivity index (χ4n) is 12.1. The first-order valence-corrected chi connectivity index (χ1v) is 38.7. The van der Waals surface area contributed by atoms with Gasteiger partial charge in [0.25, 0.3) is 11.8 Å². The number of anilines is 12. The third-order valence-corrected chi connectivity index (χ3v) is 19.4. The number of carboxylic acids is 1. The molecule has 596 valence electrons. The summed E-state index contributed by atoms with van der Waals surface area (Å²) >= 11 is 36.2. The van der Waals surface area contributed by atoms with Gasteiger partial charge < -0.3 is 62.3 Å². The lowest BCUT2D eigenvalue weighted by molar-refractivity contribution is 0.0517. The van der Waals surface area contributed by atoms with Crippen molar-refractivity contribution in [2.24, 2.45) is 15.0 Å². The summed E-state index contributed by atoms with van der Waals surface area (Å²) in [7, 11) is -1.51. The van der Waals surface area contributed by atoms with Crippen LogP contribution in [0.15, 0.2) is 300 Å². The van der Waals surface area contributed by atoms with Crippen molar-refractivity contribution in [3.05, 3.63) is 366 Å². The average molecular weight is 1710 g/mol. The molecule has 13 N–H and O–H groups in total. The molecular formula is C90H70BCl6N11O11. The second kappa shape index (κ2) is 40.0. The lowest BCUT2D eigenvalue weighted by atomic mass is 9.80. The molecule has 13 aromatic rings. The number of halogens is 6. The van der Waals surface area contributed by atoms with Crippen LogP contribution in [0.2, 0.25) is 25.1 Å². The van der Waals surface area contributed by atoms with Crippen molar-refractivity contribution >= 4 is 214 Å². The van der Waals surface area contributed by atoms with Crippen LogP contribution in [0.4, 0.5) is 85.3 Å². The summed E-state index contributed by atoms with van der Waals surface area (Å²) in [6, 6.07) is 84.8. The standard InChI is InChI=1S/C22H17ClN2O2.C20H14ClN3O2.C13H8Cl2N2.C13H11ClN2O2.C13H9ClN2O.C9H11BO4/c1-2-27-22(26)15-9-7-14(8-10-15)21-17-5-3-4-6-18(17)24-19-12-11-16(23)13-20(19)25-21;21-14-9-10-17-18(11-14)23-19(15-3-1-2-4-16(15)22-17)12-5-7-13(8-6-12)20(25)24-26;14-8-5-6-11-12(7-8)17-13(15)9-3-1-2-4-10(9)16-11;14-8-5-6-12(10(15)7-8)16-11-4-2-1-3-9(11)13(17)18;14-8-5-6-11-12(7-8)16-13(17)9-3-1-2-4-10(9)15-11;1-2-14-9(11)7-3-5-8(6-4-7)10(12)13/h3-13,24H,2H2,1H3;1-11,22,26H,(H,24,25);1-7,16H;1-7,16H,15H2,(H,17,18);1-7,15H,(H,16,17);3-6,12-13H,2H2,1H3. The Morgan fingerprint density at radius 3 is 1.26 bits per heavy atom. The molecule has 119 heavy (non-hydrogen) atoms. The number of nitrogens with one attached hydrogen (secondary N) is 7. The van der Waals surface area contributed by atoms with Gasteiger partial charge in [-0.15, -0.1) is 0 Å². The number of hydroxylamine groups is 1. The Kier molecular flexibility index (Phi) is 28.6.